The zero-order valence-electron chi connectivity index (χ0n) is 20.0. The third-order valence-electron chi connectivity index (χ3n) is 6.29. The molecule has 3 aromatic rings. The quantitative estimate of drug-likeness (QED) is 0.223. The second-order valence-electron chi connectivity index (χ2n) is 8.68. The molecule has 1 aliphatic carbocycles. The lowest BCUT2D eigenvalue weighted by Crippen LogP contribution is -2.42. The lowest BCUT2D eigenvalue weighted by atomic mass is 9.98. The monoisotopic (exact) mass is 486 g/mol. The first-order valence-corrected chi connectivity index (χ1v) is 12.2. The van der Waals surface area contributed by atoms with Gasteiger partial charge in [0, 0.05) is 12.5 Å². The minimum absolute atomic E-state index is 0.0685. The van der Waals surface area contributed by atoms with Gasteiger partial charge in [-0.3, -0.25) is 4.79 Å². The van der Waals surface area contributed by atoms with E-state index in [0.717, 1.165) is 27.8 Å². The van der Waals surface area contributed by atoms with Gasteiger partial charge in [0.15, 0.2) is 0 Å². The summed E-state index contributed by atoms with van der Waals surface area (Å²) in [5.41, 5.74) is 5.39. The van der Waals surface area contributed by atoms with E-state index in [1.165, 1.54) is 0 Å². The Bertz CT molecular complexity index is 1140. The van der Waals surface area contributed by atoms with Crippen molar-refractivity contribution in [1.29, 1.82) is 0 Å². The predicted molar refractivity (Wildman–Crippen MR) is 136 cm³/mol. The zero-order chi connectivity index (χ0) is 25.2. The number of carbonyl (C=O) groups is 3. The van der Waals surface area contributed by atoms with Crippen molar-refractivity contribution < 1.29 is 23.9 Å². The van der Waals surface area contributed by atoms with Crippen LogP contribution >= 0.6 is 0 Å². The van der Waals surface area contributed by atoms with Crippen molar-refractivity contribution in [1.82, 2.24) is 10.6 Å². The molecule has 2 N–H and O–H groups in total. The lowest BCUT2D eigenvalue weighted by Gasteiger charge is -2.19. The SMILES string of the molecule is O=CNCCCC[C@H](NC(=O)OCC1c2ccccc2-c2ccccc21)C(=O)OCc1ccccc1. The van der Waals surface area contributed by atoms with Crippen LogP contribution in [0.2, 0.25) is 0 Å². The number of benzene rings is 3. The molecular formula is C29H30N2O5. The molecule has 0 aliphatic heterocycles. The molecule has 3 aromatic carbocycles. The molecule has 0 saturated carbocycles. The van der Waals surface area contributed by atoms with Gasteiger partial charge in [-0.05, 0) is 47.1 Å². The summed E-state index contributed by atoms with van der Waals surface area (Å²) in [7, 11) is 0. The Morgan fingerprint density at radius 3 is 2.14 bits per heavy atom. The highest BCUT2D eigenvalue weighted by molar-refractivity contribution is 5.82. The van der Waals surface area contributed by atoms with E-state index in [9.17, 15) is 14.4 Å². The number of hydrogen-bond acceptors (Lipinski definition) is 5. The Kier molecular flexibility index (Phi) is 8.70. The first-order valence-electron chi connectivity index (χ1n) is 12.2. The smallest absolute Gasteiger partial charge is 0.407 e. The van der Waals surface area contributed by atoms with Crippen LogP contribution in [0.25, 0.3) is 11.1 Å². The van der Waals surface area contributed by atoms with E-state index in [0.29, 0.717) is 32.2 Å². The van der Waals surface area contributed by atoms with Gasteiger partial charge in [0.1, 0.15) is 19.3 Å². The Hall–Kier alpha value is -4.13. The molecule has 0 radical (unpaired) electrons. The summed E-state index contributed by atoms with van der Waals surface area (Å²) in [6.45, 7) is 0.782. The molecule has 0 bridgehead atoms. The fourth-order valence-electron chi connectivity index (χ4n) is 4.50. The normalized spacial score (nSPS) is 12.7. The van der Waals surface area contributed by atoms with Crippen molar-refractivity contribution in [2.75, 3.05) is 13.2 Å². The van der Waals surface area contributed by atoms with Crippen LogP contribution in [0.4, 0.5) is 4.79 Å². The molecule has 0 spiro atoms. The van der Waals surface area contributed by atoms with Gasteiger partial charge in [0.2, 0.25) is 6.41 Å². The van der Waals surface area contributed by atoms with Gasteiger partial charge in [-0.15, -0.1) is 0 Å². The fraction of sp³-hybridized carbons (Fsp3) is 0.276. The molecule has 0 aromatic heterocycles. The summed E-state index contributed by atoms with van der Waals surface area (Å²) in [5.74, 6) is -0.586. The number of unbranched alkanes of at least 4 members (excludes halogenated alkanes) is 1. The number of esters is 1. The molecule has 186 valence electrons. The molecule has 7 nitrogen and oxygen atoms in total. The molecule has 7 heteroatoms. The van der Waals surface area contributed by atoms with Crippen molar-refractivity contribution in [2.45, 2.75) is 37.8 Å². The third-order valence-corrected chi connectivity index (χ3v) is 6.29. The number of hydrogen-bond donors (Lipinski definition) is 2. The van der Waals surface area contributed by atoms with Gasteiger partial charge >= 0.3 is 12.1 Å². The Morgan fingerprint density at radius 2 is 1.47 bits per heavy atom. The fourth-order valence-corrected chi connectivity index (χ4v) is 4.50. The van der Waals surface area contributed by atoms with E-state index in [1.807, 2.05) is 54.6 Å². The molecule has 4 rings (SSSR count). The molecule has 0 unspecified atom stereocenters. The van der Waals surface area contributed by atoms with Crippen molar-refractivity contribution in [3.8, 4) is 11.1 Å². The summed E-state index contributed by atoms with van der Waals surface area (Å²) >= 11 is 0. The summed E-state index contributed by atoms with van der Waals surface area (Å²) in [6, 6.07) is 24.7. The number of alkyl carbamates (subject to hydrolysis) is 1. The first kappa shape index (κ1) is 25.0. The van der Waals surface area contributed by atoms with Crippen LogP contribution in [0.5, 0.6) is 0 Å². The summed E-state index contributed by atoms with van der Waals surface area (Å²) in [5, 5.41) is 5.29. The minimum Gasteiger partial charge on any atom is -0.459 e. The number of amides is 2. The van der Waals surface area contributed by atoms with E-state index in [-0.39, 0.29) is 19.1 Å². The molecule has 2 amide bonds. The van der Waals surface area contributed by atoms with Crippen LogP contribution in [0.3, 0.4) is 0 Å². The summed E-state index contributed by atoms with van der Waals surface area (Å²) in [4.78, 5) is 36.0. The Labute approximate surface area is 210 Å². The minimum atomic E-state index is -0.847. The number of nitrogens with one attached hydrogen (secondary N) is 2. The van der Waals surface area contributed by atoms with E-state index >= 15 is 0 Å². The molecular weight excluding hydrogens is 456 g/mol. The van der Waals surface area contributed by atoms with Crippen LogP contribution in [0, 0.1) is 0 Å². The molecule has 0 heterocycles. The summed E-state index contributed by atoms with van der Waals surface area (Å²) in [6.07, 6.45) is 1.65. The highest BCUT2D eigenvalue weighted by Gasteiger charge is 2.30. The Morgan fingerprint density at radius 1 is 0.833 bits per heavy atom. The van der Waals surface area contributed by atoms with E-state index < -0.39 is 18.1 Å². The maximum absolute atomic E-state index is 12.8. The van der Waals surface area contributed by atoms with E-state index in [4.69, 9.17) is 9.47 Å². The molecule has 0 fully saturated rings. The third kappa shape index (κ3) is 6.30. The number of ether oxygens (including phenoxy) is 2. The van der Waals surface area contributed by atoms with Gasteiger partial charge in [0.25, 0.3) is 0 Å². The highest BCUT2D eigenvalue weighted by atomic mass is 16.6. The predicted octanol–water partition coefficient (Wildman–Crippen LogP) is 4.55. The van der Waals surface area contributed by atoms with Gasteiger partial charge < -0.3 is 20.1 Å². The average Bonchev–Trinajstić information content (AvgIpc) is 3.24. The second-order valence-corrected chi connectivity index (χ2v) is 8.68. The molecule has 0 saturated heterocycles. The molecule has 1 aliphatic rings. The summed E-state index contributed by atoms with van der Waals surface area (Å²) < 4.78 is 11.1. The van der Waals surface area contributed by atoms with Crippen molar-refractivity contribution in [2.24, 2.45) is 0 Å². The van der Waals surface area contributed by atoms with Gasteiger partial charge in [-0.1, -0.05) is 78.9 Å². The number of rotatable bonds is 12. The standard InChI is InChI=1S/C29H30N2O5/c32-20-30-17-9-8-16-27(28(33)35-18-21-10-2-1-3-11-21)31-29(34)36-19-26-24-14-6-4-12-22(24)23-13-5-7-15-25(23)26/h1-7,10-15,20,26-27H,8-9,16-19H2,(H,30,32)(H,31,34)/t27-/m0/s1. The lowest BCUT2D eigenvalue weighted by molar-refractivity contribution is -0.147. The van der Waals surface area contributed by atoms with Gasteiger partial charge in [0.05, 0.1) is 0 Å². The van der Waals surface area contributed by atoms with Crippen molar-refractivity contribution in [3.05, 3.63) is 95.6 Å². The highest BCUT2D eigenvalue weighted by Crippen LogP contribution is 2.44. The largest absolute Gasteiger partial charge is 0.459 e. The van der Waals surface area contributed by atoms with Crippen molar-refractivity contribution in [3.63, 3.8) is 0 Å². The van der Waals surface area contributed by atoms with Crippen LogP contribution in [-0.2, 0) is 25.7 Å². The van der Waals surface area contributed by atoms with E-state index in [1.54, 1.807) is 0 Å². The van der Waals surface area contributed by atoms with Crippen LogP contribution in [0.1, 0.15) is 41.9 Å². The molecule has 1 atom stereocenters. The van der Waals surface area contributed by atoms with Gasteiger partial charge in [-0.25, -0.2) is 9.59 Å². The maximum atomic E-state index is 12.8. The van der Waals surface area contributed by atoms with Crippen LogP contribution in [-0.4, -0.2) is 37.7 Å². The topological polar surface area (TPSA) is 93.7 Å². The average molecular weight is 487 g/mol. The number of fused-ring (bicyclic) bond motifs is 3. The van der Waals surface area contributed by atoms with Crippen molar-refractivity contribution >= 4 is 18.5 Å². The Balaban J connectivity index is 1.36. The molecule has 36 heavy (non-hydrogen) atoms. The zero-order valence-corrected chi connectivity index (χ0v) is 20.0. The van der Waals surface area contributed by atoms with Gasteiger partial charge in [-0.2, -0.15) is 0 Å². The number of carbonyl (C=O) groups excluding carboxylic acids is 3. The first-order chi connectivity index (χ1) is 17.7. The van der Waals surface area contributed by atoms with Crippen LogP contribution in [0.15, 0.2) is 78.9 Å². The van der Waals surface area contributed by atoms with E-state index in [2.05, 4.69) is 34.9 Å². The maximum Gasteiger partial charge on any atom is 0.407 e. The second kappa shape index (κ2) is 12.5. The van der Waals surface area contributed by atoms with Crippen LogP contribution < -0.4 is 10.6 Å².